The highest BCUT2D eigenvalue weighted by atomic mass is 15.1. The van der Waals surface area contributed by atoms with Gasteiger partial charge in [-0.3, -0.25) is 0 Å². The number of nitrogens with two attached hydrogens (primary N) is 1. The molecule has 0 aromatic carbocycles. The Morgan fingerprint density at radius 1 is 1.45 bits per heavy atom. The Hall–Kier alpha value is -0.0800. The van der Waals surface area contributed by atoms with Crippen molar-refractivity contribution >= 4 is 0 Å². The van der Waals surface area contributed by atoms with Crippen molar-refractivity contribution in [3.05, 3.63) is 0 Å². The van der Waals surface area contributed by atoms with Gasteiger partial charge in [0, 0.05) is 11.6 Å². The maximum absolute atomic E-state index is 6.11. The van der Waals surface area contributed by atoms with Crippen LogP contribution in [0.2, 0.25) is 0 Å². The van der Waals surface area contributed by atoms with Crippen LogP contribution in [-0.4, -0.2) is 30.6 Å². The van der Waals surface area contributed by atoms with Crippen LogP contribution in [0, 0.1) is 0 Å². The summed E-state index contributed by atoms with van der Waals surface area (Å²) in [4.78, 5) is 2.28. The number of nitrogens with zero attached hydrogens (tertiary/aromatic N) is 1. The fourth-order valence-electron chi connectivity index (χ4n) is 1.95. The topological polar surface area (TPSA) is 29.3 Å². The van der Waals surface area contributed by atoms with Gasteiger partial charge in [-0.05, 0) is 33.4 Å². The molecule has 0 bridgehead atoms. The Morgan fingerprint density at radius 2 is 2.00 bits per heavy atom. The fourth-order valence-corrected chi connectivity index (χ4v) is 1.95. The molecule has 0 atom stereocenters. The molecule has 0 radical (unpaired) electrons. The van der Waals surface area contributed by atoms with Crippen molar-refractivity contribution in [3.63, 3.8) is 0 Å². The van der Waals surface area contributed by atoms with E-state index in [0.29, 0.717) is 0 Å². The third-order valence-electron chi connectivity index (χ3n) is 2.76. The average Bonchev–Trinajstić information content (AvgIpc) is 1.82. The molecular weight excluding hydrogens is 136 g/mol. The highest BCUT2D eigenvalue weighted by Crippen LogP contribution is 2.35. The summed E-state index contributed by atoms with van der Waals surface area (Å²) in [6, 6.07) is 0.742. The lowest BCUT2D eigenvalue weighted by Crippen LogP contribution is -2.58. The zero-order valence-corrected chi connectivity index (χ0v) is 7.93. The molecule has 0 spiro atoms. The van der Waals surface area contributed by atoms with E-state index in [2.05, 4.69) is 25.9 Å². The van der Waals surface area contributed by atoms with Crippen LogP contribution >= 0.6 is 0 Å². The molecule has 1 aliphatic carbocycles. The number of hydrogen-bond acceptors (Lipinski definition) is 2. The summed E-state index contributed by atoms with van der Waals surface area (Å²) >= 11 is 0. The molecule has 66 valence electrons. The van der Waals surface area contributed by atoms with Gasteiger partial charge in [0.25, 0.3) is 0 Å². The van der Waals surface area contributed by atoms with E-state index < -0.39 is 0 Å². The molecule has 0 aromatic rings. The first kappa shape index (κ1) is 9.01. The van der Waals surface area contributed by atoms with Crippen LogP contribution < -0.4 is 5.73 Å². The second kappa shape index (κ2) is 3.11. The van der Waals surface area contributed by atoms with Crippen LogP contribution in [0.5, 0.6) is 0 Å². The van der Waals surface area contributed by atoms with Crippen molar-refractivity contribution in [1.29, 1.82) is 0 Å². The van der Waals surface area contributed by atoms with Gasteiger partial charge < -0.3 is 10.6 Å². The van der Waals surface area contributed by atoms with Crippen LogP contribution in [0.1, 0.15) is 32.6 Å². The zero-order chi connectivity index (χ0) is 8.48. The van der Waals surface area contributed by atoms with Gasteiger partial charge in [-0.15, -0.1) is 0 Å². The highest BCUT2D eigenvalue weighted by molar-refractivity contribution is 5.01. The van der Waals surface area contributed by atoms with E-state index in [4.69, 9.17) is 5.73 Å². The van der Waals surface area contributed by atoms with Crippen molar-refractivity contribution < 1.29 is 0 Å². The summed E-state index contributed by atoms with van der Waals surface area (Å²) in [5.41, 5.74) is 6.30. The van der Waals surface area contributed by atoms with Gasteiger partial charge in [-0.2, -0.15) is 0 Å². The first-order valence-corrected chi connectivity index (χ1v) is 4.53. The van der Waals surface area contributed by atoms with E-state index in [0.717, 1.165) is 6.04 Å². The maximum atomic E-state index is 6.11. The van der Waals surface area contributed by atoms with E-state index >= 15 is 0 Å². The summed E-state index contributed by atoms with van der Waals surface area (Å²) in [7, 11) is 4.27. The van der Waals surface area contributed by atoms with Crippen LogP contribution in [0.25, 0.3) is 0 Å². The second-order valence-corrected chi connectivity index (χ2v) is 4.14. The van der Waals surface area contributed by atoms with E-state index in [-0.39, 0.29) is 5.54 Å². The third kappa shape index (κ3) is 1.94. The molecule has 2 nitrogen and oxygen atoms in total. The normalized spacial score (nSPS) is 37.4. The molecule has 2 N–H and O–H groups in total. The Balaban J connectivity index is 2.26. The smallest absolute Gasteiger partial charge is 0.0184 e. The SMILES string of the molecule is CCCC1(N)CC(N(C)C)C1. The Kier molecular flexibility index (Phi) is 2.55. The van der Waals surface area contributed by atoms with Gasteiger partial charge in [0.2, 0.25) is 0 Å². The predicted octanol–water partition coefficient (Wildman–Crippen LogP) is 1.21. The standard InChI is InChI=1S/C9H20N2/c1-4-5-9(10)6-8(7-9)11(2)3/h8H,4-7,10H2,1-3H3. The Labute approximate surface area is 69.8 Å². The van der Waals surface area contributed by atoms with Crippen molar-refractivity contribution in [2.45, 2.75) is 44.2 Å². The van der Waals surface area contributed by atoms with Crippen LogP contribution in [0.4, 0.5) is 0 Å². The van der Waals surface area contributed by atoms with Crippen LogP contribution in [0.15, 0.2) is 0 Å². The lowest BCUT2D eigenvalue weighted by molar-refractivity contribution is 0.0879. The van der Waals surface area contributed by atoms with E-state index in [1.165, 1.54) is 25.7 Å². The highest BCUT2D eigenvalue weighted by Gasteiger charge is 2.40. The third-order valence-corrected chi connectivity index (χ3v) is 2.76. The van der Waals surface area contributed by atoms with Gasteiger partial charge in [0.05, 0.1) is 0 Å². The molecule has 1 saturated carbocycles. The molecule has 0 aromatic heterocycles. The van der Waals surface area contributed by atoms with Gasteiger partial charge >= 0.3 is 0 Å². The summed E-state index contributed by atoms with van der Waals surface area (Å²) < 4.78 is 0. The van der Waals surface area contributed by atoms with Gasteiger partial charge in [-0.1, -0.05) is 13.3 Å². The lowest BCUT2D eigenvalue weighted by atomic mass is 9.70. The van der Waals surface area contributed by atoms with Crippen LogP contribution in [0.3, 0.4) is 0 Å². The zero-order valence-electron chi connectivity index (χ0n) is 7.93. The van der Waals surface area contributed by atoms with E-state index in [1.54, 1.807) is 0 Å². The molecule has 1 fully saturated rings. The van der Waals surface area contributed by atoms with Crippen molar-refractivity contribution in [2.75, 3.05) is 14.1 Å². The second-order valence-electron chi connectivity index (χ2n) is 4.14. The van der Waals surface area contributed by atoms with Crippen molar-refractivity contribution in [1.82, 2.24) is 4.90 Å². The minimum atomic E-state index is 0.184. The largest absolute Gasteiger partial charge is 0.325 e. The predicted molar refractivity (Wildman–Crippen MR) is 48.5 cm³/mol. The first-order valence-electron chi connectivity index (χ1n) is 4.53. The minimum absolute atomic E-state index is 0.184. The van der Waals surface area contributed by atoms with Crippen molar-refractivity contribution in [3.8, 4) is 0 Å². The monoisotopic (exact) mass is 156 g/mol. The maximum Gasteiger partial charge on any atom is 0.0184 e. The average molecular weight is 156 g/mol. The molecule has 1 aliphatic rings. The molecule has 0 unspecified atom stereocenters. The minimum Gasteiger partial charge on any atom is -0.325 e. The molecule has 2 heteroatoms. The quantitative estimate of drug-likeness (QED) is 0.665. The van der Waals surface area contributed by atoms with Crippen molar-refractivity contribution in [2.24, 2.45) is 5.73 Å². The van der Waals surface area contributed by atoms with Crippen LogP contribution in [-0.2, 0) is 0 Å². The molecule has 0 aliphatic heterocycles. The summed E-state index contributed by atoms with van der Waals surface area (Å²) in [5, 5.41) is 0. The molecule has 0 heterocycles. The van der Waals surface area contributed by atoms with E-state index in [1.807, 2.05) is 0 Å². The number of hydrogen-bond donors (Lipinski definition) is 1. The molecular formula is C9H20N2. The molecule has 0 saturated heterocycles. The molecule has 0 amide bonds. The lowest BCUT2D eigenvalue weighted by Gasteiger charge is -2.48. The van der Waals surface area contributed by atoms with Gasteiger partial charge in [0.15, 0.2) is 0 Å². The van der Waals surface area contributed by atoms with E-state index in [9.17, 15) is 0 Å². The summed E-state index contributed by atoms with van der Waals surface area (Å²) in [6.45, 7) is 2.21. The number of rotatable bonds is 3. The summed E-state index contributed by atoms with van der Waals surface area (Å²) in [5.74, 6) is 0. The Bertz CT molecular complexity index is 126. The first-order chi connectivity index (χ1) is 5.07. The van der Waals surface area contributed by atoms with Gasteiger partial charge in [-0.25, -0.2) is 0 Å². The fraction of sp³-hybridized carbons (Fsp3) is 1.00. The molecule has 1 rings (SSSR count). The molecule has 11 heavy (non-hydrogen) atoms. The Morgan fingerprint density at radius 3 is 2.36 bits per heavy atom. The summed E-state index contributed by atoms with van der Waals surface area (Å²) in [6.07, 6.45) is 4.79. The van der Waals surface area contributed by atoms with Gasteiger partial charge in [0.1, 0.15) is 0 Å².